The zero-order valence-electron chi connectivity index (χ0n) is 26.7. The van der Waals surface area contributed by atoms with Crippen LogP contribution in [0.5, 0.6) is 5.75 Å². The largest absolute Gasteiger partial charge is 0.491 e. The Bertz CT molecular complexity index is 1420. The van der Waals surface area contributed by atoms with Crippen LogP contribution in [0.4, 0.5) is 4.39 Å². The van der Waals surface area contributed by atoms with E-state index >= 15 is 0 Å². The molecule has 1 spiro atoms. The molecule has 2 aromatic rings. The first kappa shape index (κ1) is 33.4. The normalized spacial score (nSPS) is 23.6. The van der Waals surface area contributed by atoms with E-state index in [2.05, 4.69) is 21.3 Å². The molecule has 11 heteroatoms. The first-order chi connectivity index (χ1) is 22.1. The van der Waals surface area contributed by atoms with Crippen molar-refractivity contribution < 1.29 is 33.0 Å². The molecule has 4 N–H and O–H groups in total. The van der Waals surface area contributed by atoms with Gasteiger partial charge in [-0.1, -0.05) is 51.0 Å². The van der Waals surface area contributed by atoms with E-state index in [0.29, 0.717) is 44.6 Å². The van der Waals surface area contributed by atoms with Crippen LogP contribution in [0.15, 0.2) is 48.5 Å². The smallest absolute Gasteiger partial charge is 0.255 e. The topological polar surface area (TPSA) is 135 Å². The summed E-state index contributed by atoms with van der Waals surface area (Å²) in [7, 11) is 0. The van der Waals surface area contributed by atoms with Crippen LogP contribution in [0, 0.1) is 11.7 Å². The van der Waals surface area contributed by atoms with Gasteiger partial charge in [0.1, 0.15) is 29.8 Å². The van der Waals surface area contributed by atoms with Crippen LogP contribution >= 0.6 is 0 Å². The average Bonchev–Trinajstić information content (AvgIpc) is 3.53. The highest BCUT2D eigenvalue weighted by atomic mass is 19.1. The monoisotopic (exact) mass is 636 g/mol. The molecule has 46 heavy (non-hydrogen) atoms. The highest BCUT2D eigenvalue weighted by Gasteiger charge is 2.44. The standard InChI is InChI=1S/C35H45FN4O6/c1-23(2)28-21-46-29-11-4-3-10-26(29)31(42)38-27(12-13-30(41)40-35(33(44)39-28)14-5-6-15-35)32(43)37-22-34(16-18-45-19-17-34)24-8-7-9-25(36)20-24/h3-4,7-11,20,23,27-28H,5-6,12-19,21-22H2,1-2H3,(H,37,43)(H,38,42)(H,39,44)(H,40,41)/t27-,28-/m0/s1. The molecule has 1 saturated heterocycles. The molecule has 248 valence electrons. The highest BCUT2D eigenvalue weighted by molar-refractivity contribution is 6.00. The lowest BCUT2D eigenvalue weighted by molar-refractivity contribution is -0.134. The van der Waals surface area contributed by atoms with E-state index in [1.807, 2.05) is 19.9 Å². The molecule has 2 heterocycles. The van der Waals surface area contributed by atoms with Crippen molar-refractivity contribution in [1.82, 2.24) is 21.3 Å². The van der Waals surface area contributed by atoms with E-state index in [0.717, 1.165) is 18.4 Å². The number of para-hydroxylation sites is 1. The first-order valence-corrected chi connectivity index (χ1v) is 16.4. The van der Waals surface area contributed by atoms with Crippen molar-refractivity contribution in [2.75, 3.05) is 26.4 Å². The van der Waals surface area contributed by atoms with Gasteiger partial charge in [-0.3, -0.25) is 19.2 Å². The van der Waals surface area contributed by atoms with Crippen LogP contribution < -0.4 is 26.0 Å². The van der Waals surface area contributed by atoms with Gasteiger partial charge in [0.25, 0.3) is 5.91 Å². The minimum atomic E-state index is -1.06. The summed E-state index contributed by atoms with van der Waals surface area (Å²) >= 11 is 0. The van der Waals surface area contributed by atoms with Gasteiger partial charge in [-0.25, -0.2) is 4.39 Å². The van der Waals surface area contributed by atoms with Crippen molar-refractivity contribution in [3.8, 4) is 5.75 Å². The minimum Gasteiger partial charge on any atom is -0.491 e. The van der Waals surface area contributed by atoms with Crippen LogP contribution in [0.25, 0.3) is 0 Å². The number of ether oxygens (including phenoxy) is 2. The van der Waals surface area contributed by atoms with Crippen LogP contribution in [0.1, 0.15) is 81.1 Å². The maximum atomic E-state index is 14.2. The molecule has 1 aliphatic carbocycles. The number of fused-ring (bicyclic) bond motifs is 1. The Morgan fingerprint density at radius 1 is 1.00 bits per heavy atom. The molecule has 1 saturated carbocycles. The Morgan fingerprint density at radius 2 is 1.74 bits per heavy atom. The van der Waals surface area contributed by atoms with Crippen molar-refractivity contribution >= 4 is 23.6 Å². The number of amides is 4. The van der Waals surface area contributed by atoms with E-state index in [1.165, 1.54) is 12.1 Å². The number of halogens is 1. The lowest BCUT2D eigenvalue weighted by Gasteiger charge is -2.38. The lowest BCUT2D eigenvalue weighted by Crippen LogP contribution is -2.60. The summed E-state index contributed by atoms with van der Waals surface area (Å²) in [5.74, 6) is -1.60. The van der Waals surface area contributed by atoms with Gasteiger partial charge in [0.05, 0.1) is 11.6 Å². The van der Waals surface area contributed by atoms with Gasteiger partial charge in [-0.05, 0) is 67.9 Å². The fraction of sp³-hybridized carbons (Fsp3) is 0.543. The predicted octanol–water partition coefficient (Wildman–Crippen LogP) is 3.53. The third-order valence-electron chi connectivity index (χ3n) is 9.71. The predicted molar refractivity (Wildman–Crippen MR) is 170 cm³/mol. The van der Waals surface area contributed by atoms with E-state index in [4.69, 9.17) is 9.47 Å². The third kappa shape index (κ3) is 7.68. The molecule has 0 aromatic heterocycles. The highest BCUT2D eigenvalue weighted by Crippen LogP contribution is 2.35. The van der Waals surface area contributed by atoms with E-state index < -0.39 is 28.8 Å². The quantitative estimate of drug-likeness (QED) is 0.397. The molecule has 0 radical (unpaired) electrons. The zero-order valence-corrected chi connectivity index (χ0v) is 26.7. The number of hydrogen-bond acceptors (Lipinski definition) is 6. The summed E-state index contributed by atoms with van der Waals surface area (Å²) < 4.78 is 25.9. The Hall–Kier alpha value is -3.99. The minimum absolute atomic E-state index is 0.00876. The number of hydrogen-bond donors (Lipinski definition) is 4. The van der Waals surface area contributed by atoms with E-state index in [1.54, 1.807) is 30.3 Å². The Balaban J connectivity index is 1.41. The van der Waals surface area contributed by atoms with Crippen molar-refractivity contribution in [3.63, 3.8) is 0 Å². The second-order valence-electron chi connectivity index (χ2n) is 13.2. The molecule has 4 amide bonds. The molecule has 2 fully saturated rings. The zero-order chi connectivity index (χ0) is 32.7. The Labute approximate surface area is 269 Å². The molecule has 0 unspecified atom stereocenters. The van der Waals surface area contributed by atoms with Crippen molar-refractivity contribution in [3.05, 3.63) is 65.5 Å². The molecule has 3 aliphatic rings. The van der Waals surface area contributed by atoms with E-state index in [9.17, 15) is 23.6 Å². The number of benzene rings is 2. The second-order valence-corrected chi connectivity index (χ2v) is 13.2. The number of carbonyl (C=O) groups excluding carboxylic acids is 4. The third-order valence-corrected chi connectivity index (χ3v) is 9.71. The van der Waals surface area contributed by atoms with Gasteiger partial charge in [0.2, 0.25) is 17.7 Å². The fourth-order valence-corrected chi connectivity index (χ4v) is 6.69. The summed E-state index contributed by atoms with van der Waals surface area (Å²) in [6.07, 6.45) is 3.76. The van der Waals surface area contributed by atoms with Crippen molar-refractivity contribution in [2.24, 2.45) is 5.92 Å². The maximum absolute atomic E-state index is 14.2. The molecule has 2 aliphatic heterocycles. The summed E-state index contributed by atoms with van der Waals surface area (Å²) in [4.78, 5) is 54.5. The Kier molecular flexibility index (Phi) is 10.6. The number of nitrogens with one attached hydrogen (secondary N) is 4. The molecular weight excluding hydrogens is 591 g/mol. The summed E-state index contributed by atoms with van der Waals surface area (Å²) in [6.45, 7) is 5.21. The SMILES string of the molecule is CC(C)[C@@H]1COc2ccccc2C(=O)N[C@H](C(=O)NCC2(c3cccc(F)c3)CCOCC2)CCC(=O)NC2(CCCC2)C(=O)N1. The number of rotatable bonds is 5. The molecule has 10 nitrogen and oxygen atoms in total. The number of carbonyl (C=O) groups is 4. The van der Waals surface area contributed by atoms with Crippen LogP contribution in [0.3, 0.4) is 0 Å². The van der Waals surface area contributed by atoms with Crippen LogP contribution in [-0.4, -0.2) is 67.6 Å². The molecule has 2 aromatic carbocycles. The van der Waals surface area contributed by atoms with Gasteiger partial charge in [-0.15, -0.1) is 0 Å². The van der Waals surface area contributed by atoms with Crippen LogP contribution in [-0.2, 0) is 24.5 Å². The van der Waals surface area contributed by atoms with Crippen molar-refractivity contribution in [2.45, 2.75) is 88.3 Å². The first-order valence-electron chi connectivity index (χ1n) is 16.4. The lowest BCUT2D eigenvalue weighted by atomic mass is 9.74. The van der Waals surface area contributed by atoms with Gasteiger partial charge < -0.3 is 30.7 Å². The Morgan fingerprint density at radius 3 is 2.46 bits per heavy atom. The summed E-state index contributed by atoms with van der Waals surface area (Å²) in [5, 5.41) is 11.9. The molecular formula is C35H45FN4O6. The summed E-state index contributed by atoms with van der Waals surface area (Å²) in [5.41, 5.74) is -0.579. The molecule has 5 rings (SSSR count). The van der Waals surface area contributed by atoms with Gasteiger partial charge >= 0.3 is 0 Å². The van der Waals surface area contributed by atoms with Crippen molar-refractivity contribution in [1.29, 1.82) is 0 Å². The molecule has 2 atom stereocenters. The average molecular weight is 637 g/mol. The maximum Gasteiger partial charge on any atom is 0.255 e. The van der Waals surface area contributed by atoms with Gasteiger partial charge in [0, 0.05) is 31.6 Å². The molecule has 0 bridgehead atoms. The summed E-state index contributed by atoms with van der Waals surface area (Å²) in [6, 6.07) is 11.7. The van der Waals surface area contributed by atoms with Crippen LogP contribution in [0.2, 0.25) is 0 Å². The second kappa shape index (κ2) is 14.6. The van der Waals surface area contributed by atoms with E-state index in [-0.39, 0.29) is 61.1 Å². The van der Waals surface area contributed by atoms with Gasteiger partial charge in [0.15, 0.2) is 0 Å². The fourth-order valence-electron chi connectivity index (χ4n) is 6.69. The van der Waals surface area contributed by atoms with Gasteiger partial charge in [-0.2, -0.15) is 0 Å².